The van der Waals surface area contributed by atoms with Crippen LogP contribution in [0.3, 0.4) is 0 Å². The molecule has 0 heterocycles. The number of benzene rings is 1. The summed E-state index contributed by atoms with van der Waals surface area (Å²) in [5.74, 6) is 0. The molecular weight excluding hydrogens is 266 g/mol. The first-order valence-corrected chi connectivity index (χ1v) is 5.00. The fourth-order valence-corrected chi connectivity index (χ4v) is 1.31. The van der Waals surface area contributed by atoms with Crippen molar-refractivity contribution in [2.24, 2.45) is 0 Å². The zero-order chi connectivity index (χ0) is 12.3. The summed E-state index contributed by atoms with van der Waals surface area (Å²) in [7, 11) is 0. The summed E-state index contributed by atoms with van der Waals surface area (Å²) in [6.07, 6.45) is -7.10. The third-order valence-corrected chi connectivity index (χ3v) is 2.36. The fraction of sp³-hybridized carbons (Fsp3) is 0.333. The van der Waals surface area contributed by atoms with Gasteiger partial charge in [-0.1, -0.05) is 23.2 Å². The molecule has 0 saturated carbocycles. The second-order valence-electron chi connectivity index (χ2n) is 3.06. The average Bonchev–Trinajstić information content (AvgIpc) is 2.17. The van der Waals surface area contributed by atoms with Crippen LogP contribution in [0.1, 0.15) is 0 Å². The van der Waals surface area contributed by atoms with E-state index in [0.29, 0.717) is 5.02 Å². The molecule has 1 unspecified atom stereocenters. The Morgan fingerprint density at radius 1 is 1.31 bits per heavy atom. The molecule has 16 heavy (non-hydrogen) atoms. The second-order valence-corrected chi connectivity index (χ2v) is 3.91. The molecule has 0 aliphatic carbocycles. The van der Waals surface area contributed by atoms with Gasteiger partial charge in [0.05, 0.1) is 10.7 Å². The molecule has 1 aromatic carbocycles. The van der Waals surface area contributed by atoms with Crippen molar-refractivity contribution < 1.29 is 18.3 Å². The predicted molar refractivity (Wildman–Crippen MR) is 57.0 cm³/mol. The molecule has 2 nitrogen and oxygen atoms in total. The summed E-state index contributed by atoms with van der Waals surface area (Å²) in [5.41, 5.74) is 0.248. The zero-order valence-electron chi connectivity index (χ0n) is 7.85. The maximum atomic E-state index is 12.0. The molecule has 2 N–H and O–H groups in total. The Balaban J connectivity index is 2.64. The smallest absolute Gasteiger partial charge is 0.382 e. The minimum atomic E-state index is -4.65. The highest BCUT2D eigenvalue weighted by atomic mass is 35.5. The van der Waals surface area contributed by atoms with E-state index in [1.165, 1.54) is 18.2 Å². The normalized spacial score (nSPS) is 13.6. The Kier molecular flexibility index (Phi) is 4.29. The van der Waals surface area contributed by atoms with Gasteiger partial charge in [-0.3, -0.25) is 0 Å². The van der Waals surface area contributed by atoms with Crippen molar-refractivity contribution in [3.63, 3.8) is 0 Å². The fourth-order valence-electron chi connectivity index (χ4n) is 0.955. The molecule has 7 heteroatoms. The van der Waals surface area contributed by atoms with Gasteiger partial charge in [-0.25, -0.2) is 0 Å². The third kappa shape index (κ3) is 3.73. The van der Waals surface area contributed by atoms with Crippen LogP contribution in [-0.2, 0) is 0 Å². The van der Waals surface area contributed by atoms with E-state index in [9.17, 15) is 13.2 Å². The number of hydrogen-bond donors (Lipinski definition) is 2. The van der Waals surface area contributed by atoms with Crippen LogP contribution in [0.4, 0.5) is 18.9 Å². The molecule has 0 aromatic heterocycles. The Morgan fingerprint density at radius 2 is 1.94 bits per heavy atom. The van der Waals surface area contributed by atoms with E-state index in [2.05, 4.69) is 5.32 Å². The van der Waals surface area contributed by atoms with E-state index in [-0.39, 0.29) is 10.7 Å². The van der Waals surface area contributed by atoms with Crippen molar-refractivity contribution in [3.05, 3.63) is 28.2 Å². The minimum absolute atomic E-state index is 0.235. The van der Waals surface area contributed by atoms with Gasteiger partial charge in [-0.2, -0.15) is 13.2 Å². The Bertz CT molecular complexity index is 370. The number of aliphatic hydroxyl groups excluding tert-OH is 1. The van der Waals surface area contributed by atoms with Crippen molar-refractivity contribution in [2.45, 2.75) is 12.3 Å². The molecule has 0 aliphatic rings. The highest BCUT2D eigenvalue weighted by Gasteiger charge is 2.37. The summed E-state index contributed by atoms with van der Waals surface area (Å²) >= 11 is 11.3. The number of hydrogen-bond acceptors (Lipinski definition) is 2. The Morgan fingerprint density at radius 3 is 2.50 bits per heavy atom. The lowest BCUT2D eigenvalue weighted by atomic mass is 10.3. The van der Waals surface area contributed by atoms with Gasteiger partial charge in [0.2, 0.25) is 0 Å². The van der Waals surface area contributed by atoms with Gasteiger partial charge in [0.15, 0.2) is 6.10 Å². The van der Waals surface area contributed by atoms with Crippen LogP contribution in [0.2, 0.25) is 10.0 Å². The van der Waals surface area contributed by atoms with Crippen molar-refractivity contribution in [3.8, 4) is 0 Å². The molecule has 0 fully saturated rings. The van der Waals surface area contributed by atoms with Gasteiger partial charge in [-0.15, -0.1) is 0 Å². The van der Waals surface area contributed by atoms with Crippen LogP contribution in [-0.4, -0.2) is 23.9 Å². The number of aliphatic hydroxyl groups is 1. The van der Waals surface area contributed by atoms with Crippen molar-refractivity contribution in [1.29, 1.82) is 0 Å². The molecule has 90 valence electrons. The monoisotopic (exact) mass is 273 g/mol. The molecular formula is C9H8Cl2F3NO. The van der Waals surface area contributed by atoms with E-state index in [1.54, 1.807) is 0 Å². The van der Waals surface area contributed by atoms with Crippen LogP contribution in [0.15, 0.2) is 18.2 Å². The van der Waals surface area contributed by atoms with E-state index >= 15 is 0 Å². The summed E-state index contributed by atoms with van der Waals surface area (Å²) < 4.78 is 35.9. The Hall–Kier alpha value is -0.650. The van der Waals surface area contributed by atoms with Crippen LogP contribution in [0.5, 0.6) is 0 Å². The molecule has 0 spiro atoms. The van der Waals surface area contributed by atoms with Gasteiger partial charge in [0.25, 0.3) is 0 Å². The standard InChI is InChI=1S/C9H8Cl2F3NO/c10-5-1-2-6(11)7(3-5)15-4-8(16)9(12,13)14/h1-3,8,15-16H,4H2. The first-order chi connectivity index (χ1) is 7.30. The minimum Gasteiger partial charge on any atom is -0.382 e. The molecule has 0 bridgehead atoms. The van der Waals surface area contributed by atoms with Crippen LogP contribution < -0.4 is 5.32 Å². The third-order valence-electron chi connectivity index (χ3n) is 1.79. The van der Waals surface area contributed by atoms with E-state index < -0.39 is 18.8 Å². The lowest BCUT2D eigenvalue weighted by Gasteiger charge is -2.16. The number of rotatable bonds is 3. The van der Waals surface area contributed by atoms with E-state index in [0.717, 1.165) is 0 Å². The summed E-state index contributed by atoms with van der Waals surface area (Å²) in [6, 6.07) is 4.34. The molecule has 0 radical (unpaired) electrons. The van der Waals surface area contributed by atoms with Gasteiger partial charge >= 0.3 is 6.18 Å². The highest BCUT2D eigenvalue weighted by molar-refractivity contribution is 6.35. The molecule has 1 atom stereocenters. The maximum Gasteiger partial charge on any atom is 0.416 e. The van der Waals surface area contributed by atoms with Crippen molar-refractivity contribution in [1.82, 2.24) is 0 Å². The van der Waals surface area contributed by atoms with Gasteiger partial charge in [-0.05, 0) is 18.2 Å². The number of anilines is 1. The lowest BCUT2D eigenvalue weighted by molar-refractivity contribution is -0.198. The molecule has 1 aromatic rings. The van der Waals surface area contributed by atoms with Crippen LogP contribution in [0.25, 0.3) is 0 Å². The average molecular weight is 274 g/mol. The topological polar surface area (TPSA) is 32.3 Å². The quantitative estimate of drug-likeness (QED) is 0.886. The van der Waals surface area contributed by atoms with Gasteiger partial charge in [0.1, 0.15) is 0 Å². The van der Waals surface area contributed by atoms with Crippen LogP contribution in [0, 0.1) is 0 Å². The molecule has 1 rings (SSSR count). The number of alkyl halides is 3. The summed E-state index contributed by atoms with van der Waals surface area (Å²) in [4.78, 5) is 0. The first-order valence-electron chi connectivity index (χ1n) is 4.24. The number of nitrogens with one attached hydrogen (secondary N) is 1. The zero-order valence-corrected chi connectivity index (χ0v) is 9.37. The SMILES string of the molecule is OC(CNc1cc(Cl)ccc1Cl)C(F)(F)F. The van der Waals surface area contributed by atoms with Crippen molar-refractivity contribution in [2.75, 3.05) is 11.9 Å². The largest absolute Gasteiger partial charge is 0.416 e. The first kappa shape index (κ1) is 13.4. The van der Waals surface area contributed by atoms with Crippen molar-refractivity contribution >= 4 is 28.9 Å². The van der Waals surface area contributed by atoms with Crippen LogP contribution >= 0.6 is 23.2 Å². The van der Waals surface area contributed by atoms with E-state index in [4.69, 9.17) is 28.3 Å². The summed E-state index contributed by atoms with van der Waals surface area (Å²) in [6.45, 7) is -0.677. The second kappa shape index (κ2) is 5.12. The Labute approximate surface area is 100.0 Å². The lowest BCUT2D eigenvalue weighted by Crippen LogP contribution is -2.35. The molecule has 0 amide bonds. The maximum absolute atomic E-state index is 12.0. The summed E-state index contributed by atoms with van der Waals surface area (Å²) in [5, 5.41) is 11.7. The predicted octanol–water partition coefficient (Wildman–Crippen LogP) is 3.33. The highest BCUT2D eigenvalue weighted by Crippen LogP contribution is 2.26. The van der Waals surface area contributed by atoms with Gasteiger partial charge < -0.3 is 10.4 Å². The van der Waals surface area contributed by atoms with E-state index in [1.807, 2.05) is 0 Å². The number of halogens is 5. The molecule has 0 saturated heterocycles. The van der Waals surface area contributed by atoms with Gasteiger partial charge in [0, 0.05) is 11.6 Å². The molecule has 0 aliphatic heterocycles.